The Morgan fingerprint density at radius 2 is 0.892 bits per heavy atom. The van der Waals surface area contributed by atoms with Crippen molar-refractivity contribution in [3.63, 3.8) is 0 Å². The van der Waals surface area contributed by atoms with E-state index < -0.39 is 5.41 Å². The number of fused-ring (bicyclic) bond motifs is 9. The van der Waals surface area contributed by atoms with Crippen LogP contribution < -0.4 is 0 Å². The summed E-state index contributed by atoms with van der Waals surface area (Å²) in [5.41, 5.74) is 17.2. The first kappa shape index (κ1) is 37.7. The molecule has 306 valence electrons. The third-order valence-corrected chi connectivity index (χ3v) is 15.3. The lowest BCUT2D eigenvalue weighted by Crippen LogP contribution is -2.28. The van der Waals surface area contributed by atoms with Crippen LogP contribution in [0.2, 0.25) is 0 Å². The molecule has 0 fully saturated rings. The van der Waals surface area contributed by atoms with Crippen LogP contribution in [0.15, 0.2) is 212 Å². The molecule has 0 saturated heterocycles. The summed E-state index contributed by atoms with van der Waals surface area (Å²) in [4.78, 5) is 16.4. The van der Waals surface area contributed by atoms with Gasteiger partial charge in [-0.2, -0.15) is 0 Å². The lowest BCUT2D eigenvalue weighted by atomic mass is 9.67. The van der Waals surface area contributed by atoms with Crippen LogP contribution in [0.25, 0.3) is 87.7 Å². The van der Waals surface area contributed by atoms with Crippen LogP contribution in [0.3, 0.4) is 0 Å². The standard InChI is InChI=1S/C61H41N3S/c1-60(2)50-30-12-9-24-43(50)44-35-34-39(37-53(44)60)38-18-15-19-40(36-38)57-62-58(64-59(63-57)49-29-16-27-46-45-25-11-14-33-54(45)65-56(46)49)48-28-17-32-52-55(48)47-26-10-13-31-51(47)61(52,41-20-5-3-6-21-41)42-22-7-4-8-23-42/h3-37H,1-2H3. The van der Waals surface area contributed by atoms with E-state index in [-0.39, 0.29) is 5.41 Å². The summed E-state index contributed by atoms with van der Waals surface area (Å²) in [6, 6.07) is 77.1. The van der Waals surface area contributed by atoms with E-state index in [0.717, 1.165) is 27.8 Å². The normalized spacial score (nSPS) is 13.9. The number of thiophene rings is 1. The van der Waals surface area contributed by atoms with Crippen LogP contribution in [0.4, 0.5) is 0 Å². The van der Waals surface area contributed by atoms with E-state index in [9.17, 15) is 0 Å². The SMILES string of the molecule is CC1(C)c2ccccc2-c2ccc(-c3cccc(-c4nc(-c5cccc6c5-c5ccccc5C6(c5ccccc5)c5ccccc5)nc(-c5cccc6c5sc5ccccc56)n4)c3)cc21. The second-order valence-corrected chi connectivity index (χ2v) is 18.9. The number of benzene rings is 9. The zero-order valence-electron chi connectivity index (χ0n) is 36.0. The topological polar surface area (TPSA) is 38.7 Å². The average molecular weight is 848 g/mol. The van der Waals surface area contributed by atoms with E-state index in [0.29, 0.717) is 17.5 Å². The fourth-order valence-electron chi connectivity index (χ4n) is 11.1. The Kier molecular flexibility index (Phi) is 8.34. The first-order valence-electron chi connectivity index (χ1n) is 22.4. The van der Waals surface area contributed by atoms with Gasteiger partial charge in [-0.15, -0.1) is 11.3 Å². The molecular formula is C61H41N3S. The van der Waals surface area contributed by atoms with Crippen molar-refractivity contribution in [1.29, 1.82) is 0 Å². The molecule has 11 aromatic rings. The van der Waals surface area contributed by atoms with Crippen molar-refractivity contribution in [2.75, 3.05) is 0 Å². The van der Waals surface area contributed by atoms with Gasteiger partial charge >= 0.3 is 0 Å². The van der Waals surface area contributed by atoms with Crippen LogP contribution in [0.1, 0.15) is 47.2 Å². The predicted octanol–water partition coefficient (Wildman–Crippen LogP) is 15.6. The lowest BCUT2D eigenvalue weighted by Gasteiger charge is -2.33. The predicted molar refractivity (Wildman–Crippen MR) is 269 cm³/mol. The Hall–Kier alpha value is -7.79. The maximum atomic E-state index is 5.50. The Morgan fingerprint density at radius 1 is 0.354 bits per heavy atom. The zero-order chi connectivity index (χ0) is 43.3. The van der Waals surface area contributed by atoms with Crippen LogP contribution in [-0.2, 0) is 10.8 Å². The molecule has 0 bridgehead atoms. The summed E-state index contributed by atoms with van der Waals surface area (Å²) in [5, 5.41) is 2.45. The number of aromatic nitrogens is 3. The zero-order valence-corrected chi connectivity index (χ0v) is 36.8. The second-order valence-electron chi connectivity index (χ2n) is 17.9. The minimum absolute atomic E-state index is 0.0989. The molecule has 0 amide bonds. The molecule has 0 saturated carbocycles. The summed E-state index contributed by atoms with van der Waals surface area (Å²) in [7, 11) is 0. The van der Waals surface area contributed by atoms with Crippen LogP contribution >= 0.6 is 11.3 Å². The van der Waals surface area contributed by atoms with Gasteiger partial charge in [0.25, 0.3) is 0 Å². The smallest absolute Gasteiger partial charge is 0.165 e. The van der Waals surface area contributed by atoms with Crippen molar-refractivity contribution in [3.8, 4) is 67.5 Å². The quantitative estimate of drug-likeness (QED) is 0.167. The molecular weight excluding hydrogens is 807 g/mol. The molecule has 0 radical (unpaired) electrons. The highest BCUT2D eigenvalue weighted by atomic mass is 32.1. The molecule has 3 nitrogen and oxygen atoms in total. The van der Waals surface area contributed by atoms with Crippen molar-refractivity contribution >= 4 is 31.5 Å². The first-order chi connectivity index (χ1) is 32.0. The number of hydrogen-bond donors (Lipinski definition) is 0. The van der Waals surface area contributed by atoms with Crippen LogP contribution in [0.5, 0.6) is 0 Å². The molecule has 0 atom stereocenters. The van der Waals surface area contributed by atoms with Crippen molar-refractivity contribution in [1.82, 2.24) is 15.0 Å². The molecule has 2 aliphatic carbocycles. The van der Waals surface area contributed by atoms with Gasteiger partial charge in [-0.1, -0.05) is 202 Å². The minimum atomic E-state index is -0.550. The fourth-order valence-corrected chi connectivity index (χ4v) is 12.3. The third-order valence-electron chi connectivity index (χ3n) is 14.0. The summed E-state index contributed by atoms with van der Waals surface area (Å²) in [6.45, 7) is 4.68. The van der Waals surface area contributed by atoms with E-state index in [1.54, 1.807) is 11.3 Å². The van der Waals surface area contributed by atoms with Crippen molar-refractivity contribution < 1.29 is 0 Å². The third kappa shape index (κ3) is 5.57. The Morgan fingerprint density at radius 3 is 1.69 bits per heavy atom. The second kappa shape index (κ2) is 14.4. The largest absolute Gasteiger partial charge is 0.208 e. The van der Waals surface area contributed by atoms with Crippen LogP contribution in [0, 0.1) is 0 Å². The summed E-state index contributed by atoms with van der Waals surface area (Å²) in [6.07, 6.45) is 0. The Labute approximate surface area is 382 Å². The van der Waals surface area contributed by atoms with E-state index in [2.05, 4.69) is 226 Å². The van der Waals surface area contributed by atoms with Crippen molar-refractivity contribution in [3.05, 3.63) is 246 Å². The molecule has 0 aliphatic heterocycles. The fraction of sp³-hybridized carbons (Fsp3) is 0.0656. The average Bonchev–Trinajstić information content (AvgIpc) is 3.98. The number of hydrogen-bond acceptors (Lipinski definition) is 4. The van der Waals surface area contributed by atoms with Gasteiger partial charge < -0.3 is 0 Å². The van der Waals surface area contributed by atoms with Gasteiger partial charge in [0.15, 0.2) is 17.5 Å². The van der Waals surface area contributed by atoms with Gasteiger partial charge in [0.2, 0.25) is 0 Å². The summed E-state index contributed by atoms with van der Waals surface area (Å²) < 4.78 is 2.41. The minimum Gasteiger partial charge on any atom is -0.208 e. The highest BCUT2D eigenvalue weighted by molar-refractivity contribution is 7.26. The molecule has 9 aromatic carbocycles. The molecule has 65 heavy (non-hydrogen) atoms. The molecule has 2 aliphatic rings. The molecule has 4 heteroatoms. The van der Waals surface area contributed by atoms with Gasteiger partial charge in [-0.05, 0) is 91.0 Å². The molecule has 0 N–H and O–H groups in total. The molecule has 0 spiro atoms. The lowest BCUT2D eigenvalue weighted by molar-refractivity contribution is 0.660. The maximum Gasteiger partial charge on any atom is 0.165 e. The Balaban J connectivity index is 1.04. The first-order valence-corrected chi connectivity index (χ1v) is 23.2. The van der Waals surface area contributed by atoms with E-state index in [1.807, 2.05) is 0 Å². The number of nitrogens with zero attached hydrogens (tertiary/aromatic N) is 3. The van der Waals surface area contributed by atoms with E-state index >= 15 is 0 Å². The monoisotopic (exact) mass is 847 g/mol. The highest BCUT2D eigenvalue weighted by Crippen LogP contribution is 2.58. The highest BCUT2D eigenvalue weighted by Gasteiger charge is 2.47. The van der Waals surface area contributed by atoms with Crippen molar-refractivity contribution in [2.45, 2.75) is 24.7 Å². The molecule has 13 rings (SSSR count). The van der Waals surface area contributed by atoms with Gasteiger partial charge in [0.1, 0.15) is 0 Å². The molecule has 2 heterocycles. The molecule has 0 unspecified atom stereocenters. The summed E-state index contributed by atoms with van der Waals surface area (Å²) >= 11 is 1.80. The number of rotatable bonds is 6. The van der Waals surface area contributed by atoms with Gasteiger partial charge in [0.05, 0.1) is 5.41 Å². The van der Waals surface area contributed by atoms with Gasteiger partial charge in [-0.3, -0.25) is 0 Å². The summed E-state index contributed by atoms with van der Waals surface area (Å²) in [5.74, 6) is 1.94. The Bertz CT molecular complexity index is 3660. The van der Waals surface area contributed by atoms with Crippen molar-refractivity contribution in [2.24, 2.45) is 0 Å². The van der Waals surface area contributed by atoms with E-state index in [4.69, 9.17) is 15.0 Å². The van der Waals surface area contributed by atoms with Gasteiger partial charge in [-0.25, -0.2) is 15.0 Å². The van der Waals surface area contributed by atoms with Crippen LogP contribution in [-0.4, -0.2) is 15.0 Å². The van der Waals surface area contributed by atoms with Gasteiger partial charge in [0, 0.05) is 42.3 Å². The maximum absolute atomic E-state index is 5.50. The molecule has 2 aromatic heterocycles. The van der Waals surface area contributed by atoms with E-state index in [1.165, 1.54) is 75.8 Å².